The Morgan fingerprint density at radius 1 is 1.47 bits per heavy atom. The van der Waals surface area contributed by atoms with Gasteiger partial charge in [-0.2, -0.15) is 0 Å². The van der Waals surface area contributed by atoms with Crippen LogP contribution >= 0.6 is 15.9 Å². The highest BCUT2D eigenvalue weighted by atomic mass is 79.9. The summed E-state index contributed by atoms with van der Waals surface area (Å²) in [5, 5.41) is 20.7. The third-order valence-electron chi connectivity index (χ3n) is 2.45. The topological polar surface area (TPSA) is 81.8 Å². The van der Waals surface area contributed by atoms with Crippen molar-refractivity contribution in [2.45, 2.75) is 19.4 Å². The van der Waals surface area contributed by atoms with Crippen LogP contribution in [0.15, 0.2) is 16.6 Å². The molecule has 0 aliphatic heterocycles. The van der Waals surface area contributed by atoms with Crippen molar-refractivity contribution < 1.29 is 19.5 Å². The minimum atomic E-state index is -0.853. The maximum atomic E-state index is 11.0. The highest BCUT2D eigenvalue weighted by Gasteiger charge is 2.23. The van der Waals surface area contributed by atoms with E-state index in [1.165, 1.54) is 13.0 Å². The van der Waals surface area contributed by atoms with E-state index in [-0.39, 0.29) is 18.0 Å². The van der Waals surface area contributed by atoms with Crippen molar-refractivity contribution in [3.05, 3.63) is 32.3 Å². The summed E-state index contributed by atoms with van der Waals surface area (Å²) >= 11 is 3.19. The number of hydrogen-bond donors (Lipinski definition) is 1. The Morgan fingerprint density at radius 2 is 2.16 bits per heavy atom. The number of rotatable bonds is 7. The number of aliphatic hydroxyl groups excluding tert-OH is 1. The lowest BCUT2D eigenvalue weighted by Gasteiger charge is -2.14. The lowest BCUT2D eigenvalue weighted by molar-refractivity contribution is -0.386. The van der Waals surface area contributed by atoms with Gasteiger partial charge in [0, 0.05) is 36.2 Å². The van der Waals surface area contributed by atoms with Gasteiger partial charge in [-0.15, -0.1) is 0 Å². The molecule has 0 fully saturated rings. The minimum Gasteiger partial charge on any atom is -0.486 e. The largest absolute Gasteiger partial charge is 0.486 e. The van der Waals surface area contributed by atoms with Gasteiger partial charge < -0.3 is 14.6 Å². The average Bonchev–Trinajstić information content (AvgIpc) is 2.34. The second kappa shape index (κ2) is 7.42. The Hall–Kier alpha value is -1.18. The fourth-order valence-electron chi connectivity index (χ4n) is 1.58. The summed E-state index contributed by atoms with van der Waals surface area (Å²) in [5.41, 5.74) is 0.223. The summed E-state index contributed by atoms with van der Waals surface area (Å²) < 4.78 is 10.9. The first-order valence-corrected chi connectivity index (χ1v) is 6.54. The Balaban J connectivity index is 3.05. The molecule has 1 rings (SSSR count). The predicted molar refractivity (Wildman–Crippen MR) is 73.4 cm³/mol. The summed E-state index contributed by atoms with van der Waals surface area (Å²) in [5.74, 6) is 0.110. The maximum absolute atomic E-state index is 11.0. The van der Waals surface area contributed by atoms with Gasteiger partial charge >= 0.3 is 5.69 Å². The molecular weight excluding hydrogens is 318 g/mol. The molecule has 6 nitrogen and oxygen atoms in total. The van der Waals surface area contributed by atoms with Crippen LogP contribution in [-0.4, -0.2) is 30.4 Å². The molecule has 106 valence electrons. The molecule has 1 aromatic carbocycles. The average molecular weight is 334 g/mol. The van der Waals surface area contributed by atoms with Gasteiger partial charge in [-0.3, -0.25) is 10.1 Å². The van der Waals surface area contributed by atoms with Crippen molar-refractivity contribution in [3.63, 3.8) is 0 Å². The van der Waals surface area contributed by atoms with Gasteiger partial charge in [-0.25, -0.2) is 0 Å². The first kappa shape index (κ1) is 15.9. The van der Waals surface area contributed by atoms with E-state index >= 15 is 0 Å². The van der Waals surface area contributed by atoms with Gasteiger partial charge in [0.15, 0.2) is 0 Å². The quantitative estimate of drug-likeness (QED) is 0.471. The van der Waals surface area contributed by atoms with Gasteiger partial charge in [0.1, 0.15) is 0 Å². The summed E-state index contributed by atoms with van der Waals surface area (Å²) in [6, 6.07) is 2.97. The smallest absolute Gasteiger partial charge is 0.312 e. The monoisotopic (exact) mass is 333 g/mol. The summed E-state index contributed by atoms with van der Waals surface area (Å²) in [6.45, 7) is 2.33. The van der Waals surface area contributed by atoms with Gasteiger partial charge in [-0.05, 0) is 13.0 Å². The van der Waals surface area contributed by atoms with E-state index in [4.69, 9.17) is 9.47 Å². The molecule has 0 aliphatic carbocycles. The van der Waals surface area contributed by atoms with Crippen LogP contribution in [0.1, 0.15) is 25.0 Å². The molecule has 1 aromatic rings. The van der Waals surface area contributed by atoms with E-state index in [9.17, 15) is 15.2 Å². The van der Waals surface area contributed by atoms with Crippen molar-refractivity contribution in [1.29, 1.82) is 0 Å². The molecule has 19 heavy (non-hydrogen) atoms. The molecule has 1 atom stereocenters. The zero-order valence-corrected chi connectivity index (χ0v) is 12.3. The van der Waals surface area contributed by atoms with Gasteiger partial charge in [-0.1, -0.05) is 15.9 Å². The lowest BCUT2D eigenvalue weighted by Crippen LogP contribution is -2.07. The number of aliphatic hydroxyl groups is 1. The van der Waals surface area contributed by atoms with Crippen molar-refractivity contribution >= 4 is 21.6 Å². The van der Waals surface area contributed by atoms with E-state index in [2.05, 4.69) is 15.9 Å². The third kappa shape index (κ3) is 4.45. The third-order valence-corrected chi connectivity index (χ3v) is 2.91. The standard InChI is InChI=1S/C12H16BrNO5/c1-8(15)10-6-9(13)7-11(14(16)17)12(10)19-5-3-4-18-2/h6-8,15H,3-5H2,1-2H3/t8-/m0/s1. The molecule has 0 heterocycles. The zero-order valence-electron chi connectivity index (χ0n) is 10.8. The van der Waals surface area contributed by atoms with E-state index in [1.807, 2.05) is 0 Å². The van der Waals surface area contributed by atoms with Crippen LogP contribution in [0.3, 0.4) is 0 Å². The molecule has 1 N–H and O–H groups in total. The van der Waals surface area contributed by atoms with E-state index in [0.29, 0.717) is 23.1 Å². The second-order valence-electron chi connectivity index (χ2n) is 3.97. The zero-order chi connectivity index (χ0) is 14.4. The van der Waals surface area contributed by atoms with Crippen LogP contribution in [0, 0.1) is 10.1 Å². The van der Waals surface area contributed by atoms with E-state index < -0.39 is 11.0 Å². The molecule has 0 saturated carbocycles. The Morgan fingerprint density at radius 3 is 2.68 bits per heavy atom. The number of nitro groups is 1. The SMILES string of the molecule is COCCCOc1c([C@H](C)O)cc(Br)cc1[N+](=O)[O-]. The van der Waals surface area contributed by atoms with E-state index in [1.54, 1.807) is 13.2 Å². The first-order chi connectivity index (χ1) is 8.97. The normalized spacial score (nSPS) is 12.2. The summed E-state index contributed by atoms with van der Waals surface area (Å²) in [6.07, 6.45) is -0.239. The highest BCUT2D eigenvalue weighted by Crippen LogP contribution is 2.37. The van der Waals surface area contributed by atoms with Gasteiger partial charge in [0.25, 0.3) is 0 Å². The summed E-state index contributed by atoms with van der Waals surface area (Å²) in [4.78, 5) is 10.5. The molecule has 0 bridgehead atoms. The highest BCUT2D eigenvalue weighted by molar-refractivity contribution is 9.10. The lowest BCUT2D eigenvalue weighted by atomic mass is 10.1. The van der Waals surface area contributed by atoms with Gasteiger partial charge in [0.05, 0.1) is 17.6 Å². The molecule has 0 amide bonds. The minimum absolute atomic E-state index is 0.110. The molecule has 0 unspecified atom stereocenters. The molecule has 0 aliphatic rings. The molecule has 0 saturated heterocycles. The molecular formula is C12H16BrNO5. The van der Waals surface area contributed by atoms with E-state index in [0.717, 1.165) is 0 Å². The summed E-state index contributed by atoms with van der Waals surface area (Å²) in [7, 11) is 1.57. The fourth-order valence-corrected chi connectivity index (χ4v) is 2.04. The Labute approximate surface area is 119 Å². The number of ether oxygens (including phenoxy) is 2. The van der Waals surface area contributed by atoms with Crippen molar-refractivity contribution in [1.82, 2.24) is 0 Å². The van der Waals surface area contributed by atoms with Gasteiger partial charge in [0.2, 0.25) is 5.75 Å². The Bertz CT molecular complexity index is 450. The van der Waals surface area contributed by atoms with Crippen LogP contribution < -0.4 is 4.74 Å². The first-order valence-electron chi connectivity index (χ1n) is 5.75. The number of benzene rings is 1. The number of methoxy groups -OCH3 is 1. The molecule has 7 heteroatoms. The number of nitrogens with zero attached hydrogens (tertiary/aromatic N) is 1. The van der Waals surface area contributed by atoms with Crippen LogP contribution in [0.4, 0.5) is 5.69 Å². The maximum Gasteiger partial charge on any atom is 0.312 e. The fraction of sp³-hybridized carbons (Fsp3) is 0.500. The molecule has 0 spiro atoms. The van der Waals surface area contributed by atoms with Crippen molar-refractivity contribution in [2.24, 2.45) is 0 Å². The number of nitro benzene ring substituents is 1. The molecule has 0 aromatic heterocycles. The van der Waals surface area contributed by atoms with Crippen LogP contribution in [0.2, 0.25) is 0 Å². The van der Waals surface area contributed by atoms with Crippen molar-refractivity contribution in [2.75, 3.05) is 20.3 Å². The van der Waals surface area contributed by atoms with Crippen molar-refractivity contribution in [3.8, 4) is 5.75 Å². The van der Waals surface area contributed by atoms with Crippen LogP contribution in [0.25, 0.3) is 0 Å². The number of hydrogen-bond acceptors (Lipinski definition) is 5. The second-order valence-corrected chi connectivity index (χ2v) is 4.89. The molecule has 0 radical (unpaired) electrons. The van der Waals surface area contributed by atoms with Crippen LogP contribution in [0.5, 0.6) is 5.75 Å². The Kier molecular flexibility index (Phi) is 6.20. The number of halogens is 1. The van der Waals surface area contributed by atoms with Crippen LogP contribution in [-0.2, 0) is 4.74 Å². The predicted octanol–water partition coefficient (Wildman–Crippen LogP) is 2.83.